The maximum absolute atomic E-state index is 12.9. The van der Waals surface area contributed by atoms with Crippen molar-refractivity contribution in [3.8, 4) is 11.5 Å². The molecule has 3 aromatic rings. The Kier molecular flexibility index (Phi) is 3.79. The van der Waals surface area contributed by atoms with Gasteiger partial charge in [-0.2, -0.15) is 0 Å². The van der Waals surface area contributed by atoms with Crippen molar-refractivity contribution >= 4 is 0 Å². The first-order valence-electron chi connectivity index (χ1n) is 6.57. The summed E-state index contributed by atoms with van der Waals surface area (Å²) in [6.45, 7) is 2.49. The lowest BCUT2D eigenvalue weighted by Gasteiger charge is -2.07. The van der Waals surface area contributed by atoms with E-state index in [-0.39, 0.29) is 11.9 Å². The van der Waals surface area contributed by atoms with E-state index in [2.05, 4.69) is 15.5 Å². The van der Waals surface area contributed by atoms with Crippen molar-refractivity contribution in [2.45, 2.75) is 19.5 Å². The summed E-state index contributed by atoms with van der Waals surface area (Å²) in [5, 5.41) is 11.2. The summed E-state index contributed by atoms with van der Waals surface area (Å²) in [6, 6.07) is 9.53. The maximum Gasteiger partial charge on any atom is 0.247 e. The predicted octanol–water partition coefficient (Wildman–Crippen LogP) is 3.32. The molecule has 0 spiro atoms. The van der Waals surface area contributed by atoms with Crippen LogP contribution in [0.1, 0.15) is 24.6 Å². The Balaban J connectivity index is 1.67. The van der Waals surface area contributed by atoms with Gasteiger partial charge in [0.2, 0.25) is 11.8 Å². The molecule has 0 saturated heterocycles. The predicted molar refractivity (Wildman–Crippen MR) is 73.7 cm³/mol. The standard InChI is InChI=1S/C15H14FN3O2/c1-10(17-9-13-3-2-8-20-13)14-18-19-15(21-14)11-4-6-12(16)7-5-11/h2-8,10,17H,9H2,1H3/t10-/m1/s1. The van der Waals surface area contributed by atoms with Gasteiger partial charge < -0.3 is 8.83 Å². The van der Waals surface area contributed by atoms with E-state index in [0.29, 0.717) is 23.9 Å². The van der Waals surface area contributed by atoms with Gasteiger partial charge in [0.25, 0.3) is 0 Å². The normalized spacial score (nSPS) is 12.5. The third-order valence-corrected chi connectivity index (χ3v) is 3.06. The van der Waals surface area contributed by atoms with Crippen molar-refractivity contribution in [1.29, 1.82) is 0 Å². The Labute approximate surface area is 120 Å². The number of hydrogen-bond acceptors (Lipinski definition) is 5. The van der Waals surface area contributed by atoms with Crippen LogP contribution in [0.2, 0.25) is 0 Å². The van der Waals surface area contributed by atoms with E-state index in [9.17, 15) is 4.39 Å². The van der Waals surface area contributed by atoms with Gasteiger partial charge in [0, 0.05) is 5.56 Å². The molecule has 0 bridgehead atoms. The van der Waals surface area contributed by atoms with E-state index in [4.69, 9.17) is 8.83 Å². The molecule has 0 radical (unpaired) electrons. The number of nitrogens with zero attached hydrogens (tertiary/aromatic N) is 2. The number of nitrogens with one attached hydrogen (secondary N) is 1. The van der Waals surface area contributed by atoms with E-state index in [1.54, 1.807) is 18.4 Å². The number of furan rings is 1. The third-order valence-electron chi connectivity index (χ3n) is 3.06. The fourth-order valence-corrected chi connectivity index (χ4v) is 1.87. The molecule has 0 amide bonds. The average molecular weight is 287 g/mol. The molecule has 2 aromatic heterocycles. The second kappa shape index (κ2) is 5.88. The topological polar surface area (TPSA) is 64.1 Å². The molecule has 3 rings (SSSR count). The number of aromatic nitrogens is 2. The lowest BCUT2D eigenvalue weighted by atomic mass is 10.2. The molecule has 0 aliphatic heterocycles. The van der Waals surface area contributed by atoms with Gasteiger partial charge in [-0.3, -0.25) is 5.32 Å². The zero-order valence-electron chi connectivity index (χ0n) is 11.4. The van der Waals surface area contributed by atoms with Crippen LogP contribution in [0, 0.1) is 5.82 Å². The van der Waals surface area contributed by atoms with E-state index < -0.39 is 0 Å². The Hall–Kier alpha value is -2.47. The largest absolute Gasteiger partial charge is 0.468 e. The first-order valence-corrected chi connectivity index (χ1v) is 6.57. The Morgan fingerprint density at radius 2 is 2.00 bits per heavy atom. The smallest absolute Gasteiger partial charge is 0.247 e. The van der Waals surface area contributed by atoms with Crippen LogP contribution in [-0.2, 0) is 6.54 Å². The van der Waals surface area contributed by atoms with Gasteiger partial charge in [-0.15, -0.1) is 10.2 Å². The van der Waals surface area contributed by atoms with Crippen LogP contribution in [0.3, 0.4) is 0 Å². The van der Waals surface area contributed by atoms with Crippen LogP contribution in [0.4, 0.5) is 4.39 Å². The molecule has 1 atom stereocenters. The van der Waals surface area contributed by atoms with Gasteiger partial charge in [0.05, 0.1) is 18.8 Å². The Morgan fingerprint density at radius 1 is 1.19 bits per heavy atom. The molecular weight excluding hydrogens is 273 g/mol. The summed E-state index contributed by atoms with van der Waals surface area (Å²) in [5.74, 6) is 1.38. The second-order valence-electron chi connectivity index (χ2n) is 4.63. The van der Waals surface area contributed by atoms with Crippen LogP contribution >= 0.6 is 0 Å². The van der Waals surface area contributed by atoms with Gasteiger partial charge >= 0.3 is 0 Å². The van der Waals surface area contributed by atoms with Crippen molar-refractivity contribution in [2.75, 3.05) is 0 Å². The van der Waals surface area contributed by atoms with Gasteiger partial charge in [-0.1, -0.05) is 0 Å². The summed E-state index contributed by atoms with van der Waals surface area (Å²) in [7, 11) is 0. The van der Waals surface area contributed by atoms with Gasteiger partial charge in [0.1, 0.15) is 11.6 Å². The monoisotopic (exact) mass is 287 g/mol. The van der Waals surface area contributed by atoms with Crippen LogP contribution in [-0.4, -0.2) is 10.2 Å². The molecule has 1 aromatic carbocycles. The third kappa shape index (κ3) is 3.17. The molecular formula is C15H14FN3O2. The summed E-state index contributed by atoms with van der Waals surface area (Å²) in [6.07, 6.45) is 1.63. The van der Waals surface area contributed by atoms with E-state index in [1.807, 2.05) is 19.1 Å². The minimum Gasteiger partial charge on any atom is -0.468 e. The number of benzene rings is 1. The average Bonchev–Trinajstić information content (AvgIpc) is 3.17. The molecule has 0 fully saturated rings. The molecule has 0 aliphatic rings. The zero-order chi connectivity index (χ0) is 14.7. The molecule has 0 unspecified atom stereocenters. The summed E-state index contributed by atoms with van der Waals surface area (Å²) < 4.78 is 23.7. The second-order valence-corrected chi connectivity index (χ2v) is 4.63. The molecule has 2 heterocycles. The summed E-state index contributed by atoms with van der Waals surface area (Å²) in [4.78, 5) is 0. The molecule has 108 valence electrons. The molecule has 1 N–H and O–H groups in total. The van der Waals surface area contributed by atoms with Crippen LogP contribution < -0.4 is 5.32 Å². The first-order chi connectivity index (χ1) is 10.2. The van der Waals surface area contributed by atoms with Crippen molar-refractivity contribution in [3.63, 3.8) is 0 Å². The molecule has 21 heavy (non-hydrogen) atoms. The highest BCUT2D eigenvalue weighted by Crippen LogP contribution is 2.21. The first kappa shape index (κ1) is 13.5. The van der Waals surface area contributed by atoms with Crippen LogP contribution in [0.25, 0.3) is 11.5 Å². The zero-order valence-corrected chi connectivity index (χ0v) is 11.4. The lowest BCUT2D eigenvalue weighted by Crippen LogP contribution is -2.18. The highest BCUT2D eigenvalue weighted by atomic mass is 19.1. The van der Waals surface area contributed by atoms with Gasteiger partial charge in [-0.05, 0) is 43.3 Å². The van der Waals surface area contributed by atoms with Gasteiger partial charge in [-0.25, -0.2) is 4.39 Å². The summed E-state index contributed by atoms with van der Waals surface area (Å²) >= 11 is 0. The summed E-state index contributed by atoms with van der Waals surface area (Å²) in [5.41, 5.74) is 0.688. The molecule has 6 heteroatoms. The number of rotatable bonds is 5. The van der Waals surface area contributed by atoms with E-state index >= 15 is 0 Å². The lowest BCUT2D eigenvalue weighted by molar-refractivity contribution is 0.400. The maximum atomic E-state index is 12.9. The number of halogens is 1. The molecule has 0 saturated carbocycles. The van der Waals surface area contributed by atoms with Crippen molar-refractivity contribution in [3.05, 3.63) is 60.1 Å². The fourth-order valence-electron chi connectivity index (χ4n) is 1.87. The van der Waals surface area contributed by atoms with Crippen molar-refractivity contribution < 1.29 is 13.2 Å². The van der Waals surface area contributed by atoms with Crippen LogP contribution in [0.15, 0.2) is 51.5 Å². The highest BCUT2D eigenvalue weighted by molar-refractivity contribution is 5.51. The Morgan fingerprint density at radius 3 is 2.71 bits per heavy atom. The highest BCUT2D eigenvalue weighted by Gasteiger charge is 2.15. The fraction of sp³-hybridized carbons (Fsp3) is 0.200. The SMILES string of the molecule is C[C@@H](NCc1ccco1)c1nnc(-c2ccc(F)cc2)o1. The van der Waals surface area contributed by atoms with E-state index in [0.717, 1.165) is 5.76 Å². The minimum absolute atomic E-state index is 0.114. The van der Waals surface area contributed by atoms with Crippen molar-refractivity contribution in [2.24, 2.45) is 0 Å². The van der Waals surface area contributed by atoms with E-state index in [1.165, 1.54) is 12.1 Å². The molecule has 0 aliphatic carbocycles. The van der Waals surface area contributed by atoms with Crippen molar-refractivity contribution in [1.82, 2.24) is 15.5 Å². The van der Waals surface area contributed by atoms with Crippen LogP contribution in [0.5, 0.6) is 0 Å². The number of hydrogen-bond donors (Lipinski definition) is 1. The van der Waals surface area contributed by atoms with Gasteiger partial charge in [0.15, 0.2) is 0 Å². The Bertz CT molecular complexity index is 692. The minimum atomic E-state index is -0.299. The quantitative estimate of drug-likeness (QED) is 0.780. The molecule has 5 nitrogen and oxygen atoms in total.